The Balaban J connectivity index is 2.84. The third-order valence-electron chi connectivity index (χ3n) is 2.15. The molecular formula is C10H15ClN2O2S. The van der Waals surface area contributed by atoms with Gasteiger partial charge >= 0.3 is 0 Å². The first-order valence-corrected chi connectivity index (χ1v) is 6.89. The lowest BCUT2D eigenvalue weighted by Crippen LogP contribution is -2.24. The van der Waals surface area contributed by atoms with Crippen molar-refractivity contribution in [1.29, 1.82) is 0 Å². The second-order valence-corrected chi connectivity index (χ2v) is 5.69. The van der Waals surface area contributed by atoms with Crippen LogP contribution in [0.3, 0.4) is 0 Å². The van der Waals surface area contributed by atoms with Gasteiger partial charge in [0.1, 0.15) is 0 Å². The van der Waals surface area contributed by atoms with E-state index in [0.29, 0.717) is 17.3 Å². The van der Waals surface area contributed by atoms with Crippen molar-refractivity contribution in [3.05, 3.63) is 28.8 Å². The Kier molecular flexibility index (Phi) is 4.58. The van der Waals surface area contributed by atoms with E-state index in [0.717, 1.165) is 5.56 Å². The normalized spacial score (nSPS) is 11.4. The average Bonchev–Trinajstić information content (AvgIpc) is 2.22. The van der Waals surface area contributed by atoms with Crippen LogP contribution in [0.4, 0.5) is 5.69 Å². The lowest BCUT2D eigenvalue weighted by Gasteiger charge is -2.11. The van der Waals surface area contributed by atoms with Gasteiger partial charge in [0.15, 0.2) is 0 Å². The number of sulfonamides is 1. The second-order valence-electron chi connectivity index (χ2n) is 3.44. The third-order valence-corrected chi connectivity index (χ3v) is 3.84. The summed E-state index contributed by atoms with van der Waals surface area (Å²) in [5.41, 5.74) is 1.26. The number of hydrogen-bond acceptors (Lipinski definition) is 3. The minimum Gasteiger partial charge on any atom is -0.319 e. The molecule has 0 aliphatic carbocycles. The maximum atomic E-state index is 11.6. The predicted molar refractivity (Wildman–Crippen MR) is 67.5 cm³/mol. The zero-order valence-electron chi connectivity index (χ0n) is 9.25. The van der Waals surface area contributed by atoms with Gasteiger partial charge in [0, 0.05) is 11.6 Å². The summed E-state index contributed by atoms with van der Waals surface area (Å²) in [6.07, 6.45) is 0. The summed E-state index contributed by atoms with van der Waals surface area (Å²) in [6, 6.07) is 5.13. The molecule has 0 bridgehead atoms. The molecule has 1 aromatic carbocycles. The number of nitrogens with one attached hydrogen (secondary N) is 2. The molecule has 1 aromatic rings. The average molecular weight is 263 g/mol. The fourth-order valence-electron chi connectivity index (χ4n) is 1.17. The molecule has 1 rings (SSSR count). The summed E-state index contributed by atoms with van der Waals surface area (Å²) in [7, 11) is -1.60. The van der Waals surface area contributed by atoms with Crippen molar-refractivity contribution in [2.24, 2.45) is 0 Å². The molecule has 0 aliphatic rings. The zero-order chi connectivity index (χ0) is 12.2. The summed E-state index contributed by atoms with van der Waals surface area (Å²) < 4.78 is 25.8. The van der Waals surface area contributed by atoms with Crippen LogP contribution in [-0.2, 0) is 10.0 Å². The minimum absolute atomic E-state index is 0.0372. The zero-order valence-corrected chi connectivity index (χ0v) is 10.8. The van der Waals surface area contributed by atoms with Gasteiger partial charge in [-0.25, -0.2) is 8.42 Å². The molecule has 0 spiro atoms. The first kappa shape index (κ1) is 13.3. The van der Waals surface area contributed by atoms with E-state index in [1.54, 1.807) is 32.2 Å². The number of halogens is 1. The van der Waals surface area contributed by atoms with Crippen LogP contribution >= 0.6 is 11.6 Å². The molecule has 0 saturated carbocycles. The number of anilines is 1. The van der Waals surface area contributed by atoms with E-state index in [2.05, 4.69) is 10.0 Å². The highest BCUT2D eigenvalue weighted by atomic mass is 35.5. The van der Waals surface area contributed by atoms with Crippen molar-refractivity contribution in [2.45, 2.75) is 6.92 Å². The summed E-state index contributed by atoms with van der Waals surface area (Å²) >= 11 is 5.90. The van der Waals surface area contributed by atoms with Crippen molar-refractivity contribution in [3.63, 3.8) is 0 Å². The Bertz CT molecular complexity index is 460. The fourth-order valence-corrected chi connectivity index (χ4v) is 2.48. The largest absolute Gasteiger partial charge is 0.319 e. The smallest absolute Gasteiger partial charge is 0.233 e. The van der Waals surface area contributed by atoms with E-state index in [1.807, 2.05) is 0 Å². The molecular weight excluding hydrogens is 248 g/mol. The van der Waals surface area contributed by atoms with Crippen molar-refractivity contribution in [3.8, 4) is 0 Å². The number of rotatable bonds is 5. The van der Waals surface area contributed by atoms with Crippen molar-refractivity contribution >= 4 is 27.3 Å². The highest BCUT2D eigenvalue weighted by Crippen LogP contribution is 2.23. The molecule has 0 heterocycles. The SMILES string of the molecule is CNCCS(=O)(=O)Nc1cccc(Cl)c1C. The van der Waals surface area contributed by atoms with Crippen LogP contribution in [0, 0.1) is 6.92 Å². The second kappa shape index (κ2) is 5.52. The monoisotopic (exact) mass is 262 g/mol. The maximum Gasteiger partial charge on any atom is 0.233 e. The molecule has 0 amide bonds. The molecule has 0 fully saturated rings. The number of benzene rings is 1. The van der Waals surface area contributed by atoms with Gasteiger partial charge in [0.05, 0.1) is 11.4 Å². The van der Waals surface area contributed by atoms with Crippen LogP contribution in [0.2, 0.25) is 5.02 Å². The molecule has 0 aliphatic heterocycles. The summed E-state index contributed by atoms with van der Waals surface area (Å²) in [4.78, 5) is 0. The molecule has 0 unspecified atom stereocenters. The van der Waals surface area contributed by atoms with Gasteiger partial charge < -0.3 is 5.32 Å². The summed E-state index contributed by atoms with van der Waals surface area (Å²) in [5.74, 6) is 0.0372. The Morgan fingerprint density at radius 1 is 1.38 bits per heavy atom. The minimum atomic E-state index is -3.31. The van der Waals surface area contributed by atoms with Crippen LogP contribution in [0.5, 0.6) is 0 Å². The van der Waals surface area contributed by atoms with E-state index in [1.165, 1.54) is 0 Å². The molecule has 4 nitrogen and oxygen atoms in total. The molecule has 2 N–H and O–H groups in total. The highest BCUT2D eigenvalue weighted by Gasteiger charge is 2.11. The molecule has 0 aromatic heterocycles. The molecule has 6 heteroatoms. The first-order valence-electron chi connectivity index (χ1n) is 4.86. The van der Waals surface area contributed by atoms with E-state index in [9.17, 15) is 8.42 Å². The lowest BCUT2D eigenvalue weighted by molar-refractivity contribution is 0.598. The molecule has 0 radical (unpaired) electrons. The first-order chi connectivity index (χ1) is 7.46. The van der Waals surface area contributed by atoms with E-state index in [-0.39, 0.29) is 5.75 Å². The molecule has 16 heavy (non-hydrogen) atoms. The van der Waals surface area contributed by atoms with E-state index >= 15 is 0 Å². The van der Waals surface area contributed by atoms with Gasteiger partial charge in [0.25, 0.3) is 0 Å². The van der Waals surface area contributed by atoms with Crippen molar-refractivity contribution in [2.75, 3.05) is 24.1 Å². The van der Waals surface area contributed by atoms with Gasteiger partial charge in [-0.3, -0.25) is 4.72 Å². The van der Waals surface area contributed by atoms with E-state index in [4.69, 9.17) is 11.6 Å². The van der Waals surface area contributed by atoms with Gasteiger partial charge in [0.2, 0.25) is 10.0 Å². The molecule has 0 atom stereocenters. The highest BCUT2D eigenvalue weighted by molar-refractivity contribution is 7.92. The van der Waals surface area contributed by atoms with Crippen molar-refractivity contribution in [1.82, 2.24) is 5.32 Å². The van der Waals surface area contributed by atoms with Crippen LogP contribution in [-0.4, -0.2) is 27.8 Å². The lowest BCUT2D eigenvalue weighted by atomic mass is 10.2. The van der Waals surface area contributed by atoms with Gasteiger partial charge in [-0.2, -0.15) is 0 Å². The maximum absolute atomic E-state index is 11.6. The predicted octanol–water partition coefficient (Wildman–Crippen LogP) is 1.61. The van der Waals surface area contributed by atoms with Crippen LogP contribution in [0.25, 0.3) is 0 Å². The third kappa shape index (κ3) is 3.66. The van der Waals surface area contributed by atoms with Crippen LogP contribution in [0.1, 0.15) is 5.56 Å². The van der Waals surface area contributed by atoms with Crippen molar-refractivity contribution < 1.29 is 8.42 Å². The molecule has 90 valence electrons. The van der Waals surface area contributed by atoms with Gasteiger partial charge in [-0.05, 0) is 31.7 Å². The van der Waals surface area contributed by atoms with Gasteiger partial charge in [-0.15, -0.1) is 0 Å². The van der Waals surface area contributed by atoms with E-state index < -0.39 is 10.0 Å². The Hall–Kier alpha value is -0.780. The Morgan fingerprint density at radius 3 is 2.69 bits per heavy atom. The Morgan fingerprint density at radius 2 is 2.06 bits per heavy atom. The quantitative estimate of drug-likeness (QED) is 0.848. The number of hydrogen-bond donors (Lipinski definition) is 2. The molecule has 0 saturated heterocycles. The van der Waals surface area contributed by atoms with Crippen LogP contribution in [0.15, 0.2) is 18.2 Å². The van der Waals surface area contributed by atoms with Crippen LogP contribution < -0.4 is 10.0 Å². The van der Waals surface area contributed by atoms with Gasteiger partial charge in [-0.1, -0.05) is 17.7 Å². The fraction of sp³-hybridized carbons (Fsp3) is 0.400. The summed E-state index contributed by atoms with van der Waals surface area (Å²) in [6.45, 7) is 2.19. The summed E-state index contributed by atoms with van der Waals surface area (Å²) in [5, 5.41) is 3.34. The topological polar surface area (TPSA) is 58.2 Å². The Labute approximate surface area is 101 Å². The standard InChI is InChI=1S/C10H15ClN2O2S/c1-8-9(11)4-3-5-10(8)13-16(14,15)7-6-12-2/h3-5,12-13H,6-7H2,1-2H3.